The Morgan fingerprint density at radius 3 is 2.43 bits per heavy atom. The summed E-state index contributed by atoms with van der Waals surface area (Å²) in [4.78, 5) is 14.4. The smallest absolute Gasteiger partial charge is 0.227 e. The third-order valence-electron chi connectivity index (χ3n) is 3.19. The molecule has 0 heterocycles. The maximum atomic E-state index is 12.5. The highest BCUT2D eigenvalue weighted by Gasteiger charge is 2.17. The molecule has 0 fully saturated rings. The van der Waals surface area contributed by atoms with Gasteiger partial charge in [0.1, 0.15) is 0 Å². The number of carbonyl (C=O) groups excluding carboxylic acids is 1. The number of amides is 1. The van der Waals surface area contributed by atoms with E-state index in [1.54, 1.807) is 6.08 Å². The van der Waals surface area contributed by atoms with Crippen molar-refractivity contribution in [2.75, 3.05) is 4.90 Å². The first-order valence-corrected chi connectivity index (χ1v) is 8.00. The minimum atomic E-state index is 0.128. The molecule has 0 N–H and O–H groups in total. The van der Waals surface area contributed by atoms with E-state index in [9.17, 15) is 4.79 Å². The minimum Gasteiger partial charge on any atom is -0.307 e. The first-order chi connectivity index (χ1) is 10.2. The molecule has 0 unspecified atom stereocenters. The van der Waals surface area contributed by atoms with Crippen molar-refractivity contribution in [1.82, 2.24) is 0 Å². The summed E-state index contributed by atoms with van der Waals surface area (Å²) in [6.45, 7) is 4.29. The van der Waals surface area contributed by atoms with Gasteiger partial charge in [-0.2, -0.15) is 0 Å². The topological polar surface area (TPSA) is 20.3 Å². The monoisotopic (exact) mass is 391 g/mol. The van der Waals surface area contributed by atoms with Gasteiger partial charge in [0, 0.05) is 9.99 Å². The van der Waals surface area contributed by atoms with E-state index in [-0.39, 0.29) is 5.91 Å². The molecule has 2 rings (SSSR count). The molecule has 3 heteroatoms. The molecular formula is C18H18INO. The SMILES string of the molecule is C=CCCC(=O)N(Cc1ccccc1)c1ccccc1I. The molecule has 0 aliphatic heterocycles. The molecule has 0 aliphatic rings. The molecule has 0 atom stereocenters. The van der Waals surface area contributed by atoms with Gasteiger partial charge < -0.3 is 4.90 Å². The zero-order valence-electron chi connectivity index (χ0n) is 11.8. The van der Waals surface area contributed by atoms with Crippen molar-refractivity contribution in [2.45, 2.75) is 19.4 Å². The van der Waals surface area contributed by atoms with Crippen LogP contribution >= 0.6 is 22.6 Å². The molecule has 1 amide bonds. The normalized spacial score (nSPS) is 10.1. The van der Waals surface area contributed by atoms with Gasteiger partial charge in [-0.05, 0) is 46.7 Å². The summed E-state index contributed by atoms with van der Waals surface area (Å²) in [7, 11) is 0. The Hall–Kier alpha value is -1.62. The van der Waals surface area contributed by atoms with E-state index in [0.717, 1.165) is 14.8 Å². The molecule has 0 saturated carbocycles. The van der Waals surface area contributed by atoms with E-state index in [0.29, 0.717) is 19.4 Å². The Labute approximate surface area is 139 Å². The van der Waals surface area contributed by atoms with Gasteiger partial charge in [0.15, 0.2) is 0 Å². The fourth-order valence-electron chi connectivity index (χ4n) is 2.10. The van der Waals surface area contributed by atoms with Crippen LogP contribution in [0.25, 0.3) is 0 Å². The van der Waals surface area contributed by atoms with Gasteiger partial charge in [-0.25, -0.2) is 0 Å². The first-order valence-electron chi connectivity index (χ1n) is 6.92. The van der Waals surface area contributed by atoms with Gasteiger partial charge in [-0.15, -0.1) is 6.58 Å². The van der Waals surface area contributed by atoms with Crippen LogP contribution < -0.4 is 4.90 Å². The van der Waals surface area contributed by atoms with Crippen molar-refractivity contribution in [3.05, 3.63) is 76.4 Å². The Morgan fingerprint density at radius 1 is 1.10 bits per heavy atom. The third kappa shape index (κ3) is 4.43. The average molecular weight is 391 g/mol. The van der Waals surface area contributed by atoms with Crippen molar-refractivity contribution < 1.29 is 4.79 Å². The summed E-state index contributed by atoms with van der Waals surface area (Å²) in [6, 6.07) is 18.0. The van der Waals surface area contributed by atoms with Crippen LogP contribution in [0.4, 0.5) is 5.69 Å². The molecule has 21 heavy (non-hydrogen) atoms. The second-order valence-corrected chi connectivity index (χ2v) is 5.91. The van der Waals surface area contributed by atoms with Crippen LogP contribution in [0.15, 0.2) is 67.3 Å². The highest BCUT2D eigenvalue weighted by Crippen LogP contribution is 2.25. The van der Waals surface area contributed by atoms with Gasteiger partial charge in [-0.3, -0.25) is 4.79 Å². The lowest BCUT2D eigenvalue weighted by molar-refractivity contribution is -0.118. The molecule has 0 bridgehead atoms. The molecule has 0 spiro atoms. The molecule has 2 nitrogen and oxygen atoms in total. The van der Waals surface area contributed by atoms with Crippen LogP contribution in [0, 0.1) is 3.57 Å². The Kier molecular flexibility index (Phi) is 5.99. The predicted octanol–water partition coefficient (Wildman–Crippen LogP) is 4.79. The number of allylic oxidation sites excluding steroid dienone is 1. The van der Waals surface area contributed by atoms with Crippen molar-refractivity contribution in [1.29, 1.82) is 0 Å². The molecular weight excluding hydrogens is 373 g/mol. The average Bonchev–Trinajstić information content (AvgIpc) is 2.52. The summed E-state index contributed by atoms with van der Waals surface area (Å²) in [5, 5.41) is 0. The molecule has 2 aromatic rings. The number of halogens is 1. The fourth-order valence-corrected chi connectivity index (χ4v) is 2.78. The van der Waals surface area contributed by atoms with E-state index >= 15 is 0 Å². The molecule has 108 valence electrons. The maximum absolute atomic E-state index is 12.5. The quantitative estimate of drug-likeness (QED) is 0.512. The van der Waals surface area contributed by atoms with Crippen molar-refractivity contribution in [2.24, 2.45) is 0 Å². The second-order valence-electron chi connectivity index (χ2n) is 4.74. The van der Waals surface area contributed by atoms with Gasteiger partial charge in [0.05, 0.1) is 12.2 Å². The lowest BCUT2D eigenvalue weighted by atomic mass is 10.1. The van der Waals surface area contributed by atoms with Crippen molar-refractivity contribution >= 4 is 34.2 Å². The molecule has 0 aromatic heterocycles. The van der Waals surface area contributed by atoms with Crippen molar-refractivity contribution in [3.63, 3.8) is 0 Å². The van der Waals surface area contributed by atoms with Crippen LogP contribution in [0.5, 0.6) is 0 Å². The largest absolute Gasteiger partial charge is 0.307 e. The second kappa shape index (κ2) is 7.98. The van der Waals surface area contributed by atoms with E-state index in [4.69, 9.17) is 0 Å². The van der Waals surface area contributed by atoms with Crippen molar-refractivity contribution in [3.8, 4) is 0 Å². The third-order valence-corrected chi connectivity index (χ3v) is 4.10. The maximum Gasteiger partial charge on any atom is 0.227 e. The van der Waals surface area contributed by atoms with Crippen LogP contribution in [0.3, 0.4) is 0 Å². The van der Waals surface area contributed by atoms with E-state index < -0.39 is 0 Å². The summed E-state index contributed by atoms with van der Waals surface area (Å²) in [5.41, 5.74) is 2.10. The fraction of sp³-hybridized carbons (Fsp3) is 0.167. The molecule has 0 saturated heterocycles. The van der Waals surface area contributed by atoms with Gasteiger partial charge >= 0.3 is 0 Å². The summed E-state index contributed by atoms with van der Waals surface area (Å²) in [6.07, 6.45) is 2.98. The molecule has 0 aliphatic carbocycles. The Bertz CT molecular complexity index is 610. The number of hydrogen-bond acceptors (Lipinski definition) is 1. The number of hydrogen-bond donors (Lipinski definition) is 0. The molecule has 2 aromatic carbocycles. The van der Waals surface area contributed by atoms with E-state index in [2.05, 4.69) is 29.2 Å². The predicted molar refractivity (Wildman–Crippen MR) is 96.2 cm³/mol. The van der Waals surface area contributed by atoms with E-state index in [1.165, 1.54) is 0 Å². The minimum absolute atomic E-state index is 0.128. The number of para-hydroxylation sites is 1. The van der Waals surface area contributed by atoms with Crippen LogP contribution in [-0.2, 0) is 11.3 Å². The Balaban J connectivity index is 2.28. The number of anilines is 1. The van der Waals surface area contributed by atoms with Gasteiger partial charge in [-0.1, -0.05) is 48.5 Å². The summed E-state index contributed by atoms with van der Waals surface area (Å²) < 4.78 is 1.08. The highest BCUT2D eigenvalue weighted by atomic mass is 127. The number of benzene rings is 2. The van der Waals surface area contributed by atoms with Gasteiger partial charge in [0.2, 0.25) is 5.91 Å². The lowest BCUT2D eigenvalue weighted by Gasteiger charge is -2.24. The highest BCUT2D eigenvalue weighted by molar-refractivity contribution is 14.1. The lowest BCUT2D eigenvalue weighted by Crippen LogP contribution is -2.30. The van der Waals surface area contributed by atoms with Gasteiger partial charge in [0.25, 0.3) is 0 Å². The van der Waals surface area contributed by atoms with Crippen LogP contribution in [0.1, 0.15) is 18.4 Å². The standard InChI is InChI=1S/C18H18INO/c1-2-3-13-18(21)20(14-15-9-5-4-6-10-15)17-12-8-7-11-16(17)19/h2,4-12H,1,3,13-14H2. The van der Waals surface area contributed by atoms with Crippen LogP contribution in [-0.4, -0.2) is 5.91 Å². The van der Waals surface area contributed by atoms with Crippen LogP contribution in [0.2, 0.25) is 0 Å². The number of nitrogens with zero attached hydrogens (tertiary/aromatic N) is 1. The van der Waals surface area contributed by atoms with E-state index in [1.807, 2.05) is 59.5 Å². The molecule has 0 radical (unpaired) electrons. The summed E-state index contributed by atoms with van der Waals surface area (Å²) in [5.74, 6) is 0.128. The first kappa shape index (κ1) is 15.8. The Morgan fingerprint density at radius 2 is 1.76 bits per heavy atom. The summed E-state index contributed by atoms with van der Waals surface area (Å²) >= 11 is 2.28. The number of carbonyl (C=O) groups is 1. The zero-order chi connectivity index (χ0) is 15.1. The zero-order valence-corrected chi connectivity index (χ0v) is 14.0. The number of rotatable bonds is 6.